The molecule has 4 aromatic heterocycles. The number of benzene rings is 1. The largest absolute Gasteiger partial charge is 0.480 e. The minimum atomic E-state index is -4.58. The van der Waals surface area contributed by atoms with Crippen molar-refractivity contribution < 1.29 is 20.6 Å². The fraction of sp³-hybridized carbons (Fsp3) is 0.333. The maximum absolute atomic E-state index is 13.4. The lowest BCUT2D eigenvalue weighted by atomic mass is 10.1. The van der Waals surface area contributed by atoms with E-state index in [2.05, 4.69) is 35.3 Å². The molecule has 0 bridgehead atoms. The molecule has 1 aromatic carbocycles. The van der Waals surface area contributed by atoms with E-state index in [1.807, 2.05) is 0 Å². The first kappa shape index (κ1) is 23.3. The van der Waals surface area contributed by atoms with E-state index in [1.165, 1.54) is 40.8 Å². The summed E-state index contributed by atoms with van der Waals surface area (Å²) in [7, 11) is 1.50. The normalized spacial score (nSPS) is 14.9. The van der Waals surface area contributed by atoms with E-state index < -0.39 is 18.4 Å². The van der Waals surface area contributed by atoms with Gasteiger partial charge in [-0.25, -0.2) is 29.4 Å². The molecule has 40 heavy (non-hydrogen) atoms. The highest BCUT2D eigenvalue weighted by atomic mass is 19.4. The van der Waals surface area contributed by atoms with Crippen LogP contribution < -0.4 is 10.1 Å². The minimum Gasteiger partial charge on any atom is -0.480 e. The summed E-state index contributed by atoms with van der Waals surface area (Å²) in [6, 6.07) is 5.81. The zero-order chi connectivity index (χ0) is 29.8. The predicted octanol–water partition coefficient (Wildman–Crippen LogP) is 5.54. The zero-order valence-electron chi connectivity index (χ0n) is 23.8. The van der Waals surface area contributed by atoms with Gasteiger partial charge < -0.3 is 14.6 Å². The number of hydrogen-bond donors (Lipinski definition) is 1. The molecule has 0 radical (unpaired) electrons. The molecule has 0 saturated heterocycles. The molecule has 10 nitrogen and oxygen atoms in total. The highest BCUT2D eigenvalue weighted by molar-refractivity contribution is 5.71. The van der Waals surface area contributed by atoms with E-state index in [0.29, 0.717) is 22.7 Å². The molecule has 1 saturated carbocycles. The smallest absolute Gasteiger partial charge is 0.434 e. The average molecular weight is 552 g/mol. The van der Waals surface area contributed by atoms with E-state index in [-0.39, 0.29) is 35.0 Å². The fourth-order valence-corrected chi connectivity index (χ4v) is 4.40. The van der Waals surface area contributed by atoms with Crippen LogP contribution in [0.5, 0.6) is 5.88 Å². The van der Waals surface area contributed by atoms with Crippen molar-refractivity contribution in [3.8, 4) is 28.7 Å². The molecule has 1 fully saturated rings. The molecule has 0 unspecified atom stereocenters. The Labute approximate surface area is 230 Å². The Kier molecular flexibility index (Phi) is 5.77. The summed E-state index contributed by atoms with van der Waals surface area (Å²) in [6.07, 6.45) is 2.92. The highest BCUT2D eigenvalue weighted by Gasteiger charge is 2.35. The first-order valence-corrected chi connectivity index (χ1v) is 12.6. The molecule has 4 heterocycles. The first-order valence-electron chi connectivity index (χ1n) is 13.6. The van der Waals surface area contributed by atoms with E-state index in [9.17, 15) is 13.2 Å². The number of nitrogens with one attached hydrogen (secondary N) is 1. The summed E-state index contributed by atoms with van der Waals surface area (Å²) in [5, 5.41) is 7.40. The maximum Gasteiger partial charge on any atom is 0.434 e. The molecule has 5 aromatic rings. The van der Waals surface area contributed by atoms with Crippen molar-refractivity contribution in [1.29, 1.82) is 0 Å². The van der Waals surface area contributed by atoms with Crippen LogP contribution in [0.2, 0.25) is 0 Å². The van der Waals surface area contributed by atoms with Gasteiger partial charge in [-0.3, -0.25) is 0 Å². The second kappa shape index (κ2) is 9.88. The quantitative estimate of drug-likeness (QED) is 0.268. The standard InChI is InChI=1S/C27H26F3N9O/c1-15(2)38-13-19(27(28,29)30)35-24(38)18-6-4-16(5-7-18)12-32-23-25-31-10-11-39(25)37-22(36-23)20-21(17-8-9-17)33-14-34-26(20)40-3/h4-7,10-11,13-15,17H,8-9,12H2,1-3H3,(H,32,36,37)/i12D2. The number of imidazole rings is 2. The fourth-order valence-electron chi connectivity index (χ4n) is 4.40. The number of anilines is 1. The van der Waals surface area contributed by atoms with Crippen LogP contribution in [0.1, 0.15) is 58.3 Å². The third kappa shape index (κ3) is 4.82. The number of aromatic nitrogens is 8. The Bertz CT molecular complexity index is 1760. The van der Waals surface area contributed by atoms with Crippen molar-refractivity contribution >= 4 is 11.5 Å². The van der Waals surface area contributed by atoms with Gasteiger partial charge in [0.1, 0.15) is 17.7 Å². The van der Waals surface area contributed by atoms with Crippen molar-refractivity contribution in [3.63, 3.8) is 0 Å². The summed E-state index contributed by atoms with van der Waals surface area (Å²) in [5.41, 5.74) is 1.24. The van der Waals surface area contributed by atoms with Gasteiger partial charge in [-0.2, -0.15) is 13.2 Å². The van der Waals surface area contributed by atoms with E-state index in [1.54, 1.807) is 32.2 Å². The van der Waals surface area contributed by atoms with Crippen LogP contribution in [0.4, 0.5) is 19.0 Å². The third-order valence-corrected chi connectivity index (χ3v) is 6.52. The number of ether oxygens (including phenoxy) is 1. The van der Waals surface area contributed by atoms with Gasteiger partial charge in [0, 0.05) is 42.6 Å². The van der Waals surface area contributed by atoms with Gasteiger partial charge in [0.15, 0.2) is 23.0 Å². The molecule has 6 rings (SSSR count). The molecule has 1 aliphatic carbocycles. The van der Waals surface area contributed by atoms with Gasteiger partial charge in [-0.05, 0) is 32.3 Å². The van der Waals surface area contributed by atoms with Crippen LogP contribution in [0, 0.1) is 0 Å². The number of hydrogen-bond acceptors (Lipinski definition) is 8. The van der Waals surface area contributed by atoms with E-state index in [0.717, 1.165) is 24.7 Å². The third-order valence-electron chi connectivity index (χ3n) is 6.52. The zero-order valence-corrected chi connectivity index (χ0v) is 21.8. The summed E-state index contributed by atoms with van der Waals surface area (Å²) < 4.78 is 66.1. The van der Waals surface area contributed by atoms with E-state index in [4.69, 9.17) is 7.48 Å². The summed E-state index contributed by atoms with van der Waals surface area (Å²) >= 11 is 0. The second-order valence-corrected chi connectivity index (χ2v) is 9.67. The van der Waals surface area contributed by atoms with Crippen LogP contribution in [0.25, 0.3) is 28.4 Å². The molecule has 206 valence electrons. The molecule has 0 aliphatic heterocycles. The van der Waals surface area contributed by atoms with Gasteiger partial charge in [0.2, 0.25) is 5.88 Å². The molecular formula is C27H26F3N9O. The minimum absolute atomic E-state index is 0.122. The summed E-state index contributed by atoms with van der Waals surface area (Å²) in [5.74, 6) is 1.05. The van der Waals surface area contributed by atoms with Crippen molar-refractivity contribution in [3.05, 3.63) is 66.1 Å². The number of nitrogens with zero attached hydrogens (tertiary/aromatic N) is 8. The maximum atomic E-state index is 13.4. The molecular weight excluding hydrogens is 523 g/mol. The van der Waals surface area contributed by atoms with Crippen LogP contribution in [-0.2, 0) is 12.7 Å². The van der Waals surface area contributed by atoms with E-state index >= 15 is 0 Å². The monoisotopic (exact) mass is 551 g/mol. The lowest BCUT2D eigenvalue weighted by Gasteiger charge is -2.13. The van der Waals surface area contributed by atoms with Gasteiger partial charge >= 0.3 is 6.18 Å². The molecule has 1 N–H and O–H groups in total. The van der Waals surface area contributed by atoms with Crippen molar-refractivity contribution in [2.75, 3.05) is 12.4 Å². The molecule has 0 atom stereocenters. The second-order valence-electron chi connectivity index (χ2n) is 9.67. The Morgan fingerprint density at radius 3 is 2.58 bits per heavy atom. The highest BCUT2D eigenvalue weighted by Crippen LogP contribution is 2.45. The van der Waals surface area contributed by atoms with Crippen LogP contribution in [0.3, 0.4) is 0 Å². The predicted molar refractivity (Wildman–Crippen MR) is 141 cm³/mol. The topological polar surface area (TPSA) is 108 Å². The van der Waals surface area contributed by atoms with Crippen LogP contribution >= 0.6 is 0 Å². The van der Waals surface area contributed by atoms with Crippen molar-refractivity contribution in [2.24, 2.45) is 0 Å². The first-order chi connectivity index (χ1) is 20.0. The number of fused-ring (bicyclic) bond motifs is 1. The lowest BCUT2D eigenvalue weighted by molar-refractivity contribution is -0.140. The van der Waals surface area contributed by atoms with Gasteiger partial charge in [-0.1, -0.05) is 24.3 Å². The van der Waals surface area contributed by atoms with Gasteiger partial charge in [0.25, 0.3) is 0 Å². The number of alkyl halides is 3. The molecule has 13 heteroatoms. The summed E-state index contributed by atoms with van der Waals surface area (Å²) in [4.78, 5) is 21.4. The average Bonchev–Trinajstić information content (AvgIpc) is 3.49. The van der Waals surface area contributed by atoms with Crippen LogP contribution in [0.15, 0.2) is 49.2 Å². The Balaban J connectivity index is 1.36. The van der Waals surface area contributed by atoms with Gasteiger partial charge in [-0.15, -0.1) is 5.10 Å². The van der Waals surface area contributed by atoms with Crippen molar-refractivity contribution in [1.82, 2.24) is 39.1 Å². The SMILES string of the molecule is [2H]C([2H])(Nc1nc(-c2c(OC)ncnc2C2CC2)nn2ccnc12)c1ccc(-c2nc(C(F)(F)F)cn2C(C)C)cc1. The molecule has 0 spiro atoms. The van der Waals surface area contributed by atoms with Gasteiger partial charge in [0.05, 0.1) is 15.5 Å². The number of halogens is 3. The Morgan fingerprint density at radius 2 is 1.90 bits per heavy atom. The molecule has 0 amide bonds. The summed E-state index contributed by atoms with van der Waals surface area (Å²) in [6.45, 7) is 1.37. The van der Waals surface area contributed by atoms with Crippen LogP contribution in [-0.4, -0.2) is 46.2 Å². The number of rotatable bonds is 8. The lowest BCUT2D eigenvalue weighted by Crippen LogP contribution is -2.09. The van der Waals surface area contributed by atoms with Crippen molar-refractivity contribution in [2.45, 2.75) is 51.3 Å². The number of methoxy groups -OCH3 is 1. The Morgan fingerprint density at radius 1 is 1.12 bits per heavy atom. The molecule has 1 aliphatic rings. The Hall–Kier alpha value is -4.55.